The molecule has 0 unspecified atom stereocenters. The second-order valence-corrected chi connectivity index (χ2v) is 4.75. The quantitative estimate of drug-likeness (QED) is 0.852. The maximum absolute atomic E-state index is 13.6. The number of alkyl halides is 2. The first-order valence-electron chi connectivity index (χ1n) is 6.63. The second kappa shape index (κ2) is 9.73. The van der Waals surface area contributed by atoms with Crippen LogP contribution >= 0.6 is 24.8 Å². The number of ether oxygens (including phenoxy) is 1. The molecule has 23 heavy (non-hydrogen) atoms. The Morgan fingerprint density at radius 3 is 2.39 bits per heavy atom. The van der Waals surface area contributed by atoms with Crippen molar-refractivity contribution in [2.24, 2.45) is 0 Å². The Hall–Kier alpha value is -1.33. The lowest BCUT2D eigenvalue weighted by Crippen LogP contribution is -2.47. The van der Waals surface area contributed by atoms with Crippen LogP contribution in [0.1, 0.15) is 17.2 Å². The molecule has 1 aliphatic rings. The van der Waals surface area contributed by atoms with Crippen molar-refractivity contribution in [3.63, 3.8) is 0 Å². The highest BCUT2D eigenvalue weighted by molar-refractivity contribution is 5.85. The third-order valence-electron chi connectivity index (χ3n) is 3.60. The molecule has 1 heterocycles. The van der Waals surface area contributed by atoms with E-state index in [1.807, 2.05) is 6.07 Å². The topological polar surface area (TPSA) is 68.5 Å². The predicted molar refractivity (Wildman–Crippen MR) is 87.1 cm³/mol. The maximum atomic E-state index is 13.6. The number of phenolic OH excluding ortho intramolecular Hbond substituents is 1. The van der Waals surface area contributed by atoms with Gasteiger partial charge in [-0.1, -0.05) is 0 Å². The fourth-order valence-corrected chi connectivity index (χ4v) is 2.58. The Labute approximate surface area is 146 Å². The molecule has 2 N–H and O–H groups in total. The summed E-state index contributed by atoms with van der Waals surface area (Å²) in [6, 6.07) is 3.34. The molecular weight excluding hydrogens is 351 g/mol. The van der Waals surface area contributed by atoms with E-state index in [1.165, 1.54) is 19.2 Å². The number of nitriles is 1. The Morgan fingerprint density at radius 2 is 1.91 bits per heavy atom. The molecule has 1 fully saturated rings. The van der Waals surface area contributed by atoms with Crippen molar-refractivity contribution in [2.45, 2.75) is 12.5 Å². The van der Waals surface area contributed by atoms with Crippen LogP contribution in [0.5, 0.6) is 11.5 Å². The number of aromatic hydroxyl groups is 1. The third-order valence-corrected chi connectivity index (χ3v) is 3.60. The van der Waals surface area contributed by atoms with Crippen molar-refractivity contribution in [1.29, 1.82) is 5.26 Å². The number of piperazine rings is 1. The van der Waals surface area contributed by atoms with Crippen molar-refractivity contribution in [1.82, 2.24) is 10.2 Å². The number of phenols is 1. The number of nitrogens with zero attached hydrogens (tertiary/aromatic N) is 2. The van der Waals surface area contributed by atoms with Gasteiger partial charge in [-0.05, 0) is 12.1 Å². The van der Waals surface area contributed by atoms with Crippen molar-refractivity contribution in [3.8, 4) is 17.6 Å². The van der Waals surface area contributed by atoms with Crippen molar-refractivity contribution >= 4 is 24.8 Å². The van der Waals surface area contributed by atoms with Crippen LogP contribution in [-0.4, -0.2) is 49.7 Å². The van der Waals surface area contributed by atoms with E-state index in [1.54, 1.807) is 4.90 Å². The van der Waals surface area contributed by atoms with E-state index in [2.05, 4.69) is 5.32 Å². The molecule has 0 aromatic heterocycles. The minimum absolute atomic E-state index is 0. The molecule has 0 saturated carbocycles. The highest BCUT2D eigenvalue weighted by Crippen LogP contribution is 2.41. The Morgan fingerprint density at radius 1 is 1.30 bits per heavy atom. The van der Waals surface area contributed by atoms with Crippen LogP contribution in [0.25, 0.3) is 0 Å². The third kappa shape index (κ3) is 4.58. The first-order chi connectivity index (χ1) is 10.1. The van der Waals surface area contributed by atoms with Gasteiger partial charge in [0, 0.05) is 31.7 Å². The normalized spacial score (nSPS) is 16.0. The SMILES string of the molecule is COc1ccc(C#N)c([C@H](C(F)F)N2CCNCC2)c1O.Cl.Cl. The van der Waals surface area contributed by atoms with E-state index >= 15 is 0 Å². The average Bonchev–Trinajstić information content (AvgIpc) is 2.50. The molecule has 0 aliphatic carbocycles. The number of hydrogen-bond donors (Lipinski definition) is 2. The molecule has 1 aliphatic heterocycles. The van der Waals surface area contributed by atoms with E-state index < -0.39 is 12.5 Å². The van der Waals surface area contributed by atoms with E-state index in [0.717, 1.165) is 0 Å². The zero-order valence-corrected chi connectivity index (χ0v) is 14.1. The molecule has 0 spiro atoms. The van der Waals surface area contributed by atoms with E-state index in [-0.39, 0.29) is 47.4 Å². The van der Waals surface area contributed by atoms with Crippen LogP contribution in [0.3, 0.4) is 0 Å². The number of rotatable bonds is 4. The molecule has 0 bridgehead atoms. The fourth-order valence-electron chi connectivity index (χ4n) is 2.58. The van der Waals surface area contributed by atoms with Gasteiger partial charge in [0.05, 0.1) is 18.7 Å². The lowest BCUT2D eigenvalue weighted by Gasteiger charge is -2.35. The highest BCUT2D eigenvalue weighted by Gasteiger charge is 2.35. The number of nitrogens with one attached hydrogen (secondary N) is 1. The summed E-state index contributed by atoms with van der Waals surface area (Å²) in [6.07, 6.45) is -2.71. The molecule has 9 heteroatoms. The van der Waals surface area contributed by atoms with Crippen LogP contribution in [0.4, 0.5) is 8.78 Å². The van der Waals surface area contributed by atoms with Crippen LogP contribution < -0.4 is 10.1 Å². The lowest BCUT2D eigenvalue weighted by atomic mass is 9.97. The van der Waals surface area contributed by atoms with Crippen LogP contribution in [0.15, 0.2) is 12.1 Å². The van der Waals surface area contributed by atoms with Gasteiger partial charge < -0.3 is 15.2 Å². The summed E-state index contributed by atoms with van der Waals surface area (Å²) >= 11 is 0. The molecule has 2 rings (SSSR count). The van der Waals surface area contributed by atoms with Gasteiger partial charge in [0.2, 0.25) is 0 Å². The van der Waals surface area contributed by atoms with Crippen LogP contribution in [0.2, 0.25) is 0 Å². The van der Waals surface area contributed by atoms with Gasteiger partial charge >= 0.3 is 0 Å². The standard InChI is InChI=1S/C14H17F2N3O2.2ClH/c1-21-10-3-2-9(8-17)11(13(10)20)12(14(15)16)19-6-4-18-5-7-19;;/h2-3,12,14,18,20H,4-7H2,1H3;2*1H/t12-;;/m1../s1. The average molecular weight is 370 g/mol. The van der Waals surface area contributed by atoms with Gasteiger partial charge in [-0.15, -0.1) is 24.8 Å². The second-order valence-electron chi connectivity index (χ2n) is 4.75. The molecular formula is C14H19Cl2F2N3O2. The zero-order chi connectivity index (χ0) is 15.4. The summed E-state index contributed by atoms with van der Waals surface area (Å²) in [5.74, 6) is -0.301. The maximum Gasteiger partial charge on any atom is 0.258 e. The first kappa shape index (κ1) is 21.7. The minimum Gasteiger partial charge on any atom is -0.504 e. The number of halogens is 4. The van der Waals surface area contributed by atoms with Gasteiger partial charge in [-0.2, -0.15) is 5.26 Å². The van der Waals surface area contributed by atoms with Crippen molar-refractivity contribution in [2.75, 3.05) is 33.3 Å². The van der Waals surface area contributed by atoms with Gasteiger partial charge in [0.15, 0.2) is 11.5 Å². The highest BCUT2D eigenvalue weighted by atomic mass is 35.5. The fraction of sp³-hybridized carbons (Fsp3) is 0.500. The van der Waals surface area contributed by atoms with Gasteiger partial charge in [0.1, 0.15) is 6.04 Å². The first-order valence-corrected chi connectivity index (χ1v) is 6.63. The Kier molecular flexibility index (Phi) is 9.17. The molecule has 0 amide bonds. The molecule has 1 aromatic carbocycles. The molecule has 1 saturated heterocycles. The summed E-state index contributed by atoms with van der Waals surface area (Å²) in [5.41, 5.74) is -0.0223. The van der Waals surface area contributed by atoms with E-state index in [0.29, 0.717) is 26.2 Å². The zero-order valence-electron chi connectivity index (χ0n) is 12.5. The summed E-state index contributed by atoms with van der Waals surface area (Å²) in [5, 5.41) is 22.4. The summed E-state index contributed by atoms with van der Waals surface area (Å²) in [4.78, 5) is 1.58. The van der Waals surface area contributed by atoms with Crippen LogP contribution in [0, 0.1) is 11.3 Å². The monoisotopic (exact) mass is 369 g/mol. The summed E-state index contributed by atoms with van der Waals surface area (Å²) in [6.45, 7) is 2.04. The smallest absolute Gasteiger partial charge is 0.258 e. The number of methoxy groups -OCH3 is 1. The van der Waals surface area contributed by atoms with E-state index in [9.17, 15) is 13.9 Å². The number of benzene rings is 1. The Balaban J connectivity index is 0.00000242. The van der Waals surface area contributed by atoms with Gasteiger partial charge in [-0.3, -0.25) is 4.90 Å². The Bertz CT molecular complexity index is 550. The predicted octanol–water partition coefficient (Wildman–Crippen LogP) is 2.33. The minimum atomic E-state index is -2.71. The molecule has 1 atom stereocenters. The van der Waals surface area contributed by atoms with Crippen molar-refractivity contribution in [3.05, 3.63) is 23.3 Å². The number of hydrogen-bond acceptors (Lipinski definition) is 5. The molecule has 130 valence electrons. The lowest BCUT2D eigenvalue weighted by molar-refractivity contribution is 0.0167. The van der Waals surface area contributed by atoms with Gasteiger partial charge in [-0.25, -0.2) is 8.78 Å². The van der Waals surface area contributed by atoms with Crippen molar-refractivity contribution < 1.29 is 18.6 Å². The summed E-state index contributed by atoms with van der Waals surface area (Å²) in [7, 11) is 1.34. The largest absolute Gasteiger partial charge is 0.504 e. The van der Waals surface area contributed by atoms with Crippen LogP contribution in [-0.2, 0) is 0 Å². The molecule has 0 radical (unpaired) electrons. The molecule has 5 nitrogen and oxygen atoms in total. The molecule has 1 aromatic rings. The summed E-state index contributed by atoms with van der Waals surface area (Å²) < 4.78 is 32.1. The van der Waals surface area contributed by atoms with E-state index in [4.69, 9.17) is 10.00 Å². The van der Waals surface area contributed by atoms with Gasteiger partial charge in [0.25, 0.3) is 6.43 Å².